The third kappa shape index (κ3) is 2.54. The number of hydrogen-bond acceptors (Lipinski definition) is 3. The van der Waals surface area contributed by atoms with E-state index in [0.717, 1.165) is 5.56 Å². The maximum absolute atomic E-state index is 12.1. The summed E-state index contributed by atoms with van der Waals surface area (Å²) in [6, 6.07) is 9.12. The zero-order valence-corrected chi connectivity index (χ0v) is 11.2. The van der Waals surface area contributed by atoms with E-state index in [4.69, 9.17) is 0 Å². The Bertz CT molecular complexity index is 452. The summed E-state index contributed by atoms with van der Waals surface area (Å²) in [6.07, 6.45) is 0.494. The van der Waals surface area contributed by atoms with Crippen molar-refractivity contribution in [2.45, 2.75) is 26.3 Å². The molecule has 1 saturated heterocycles. The van der Waals surface area contributed by atoms with E-state index in [0.29, 0.717) is 6.42 Å². The lowest BCUT2D eigenvalue weighted by Crippen LogP contribution is -2.44. The van der Waals surface area contributed by atoms with Crippen molar-refractivity contribution in [3.8, 4) is 0 Å². The van der Waals surface area contributed by atoms with Crippen LogP contribution in [0.4, 0.5) is 0 Å². The van der Waals surface area contributed by atoms with Gasteiger partial charge in [-0.2, -0.15) is 0 Å². The van der Waals surface area contributed by atoms with Gasteiger partial charge in [0.05, 0.1) is 12.6 Å². The summed E-state index contributed by atoms with van der Waals surface area (Å²) in [7, 11) is 0. The van der Waals surface area contributed by atoms with Crippen molar-refractivity contribution in [2.24, 2.45) is 11.8 Å². The minimum Gasteiger partial charge on any atom is -0.394 e. The minimum absolute atomic E-state index is 0.174. The lowest BCUT2D eigenvalue weighted by Gasteiger charge is -2.25. The topological polar surface area (TPSA) is 57.6 Å². The molecule has 1 aromatic rings. The molecular weight excluding hydrogens is 242 g/mol. The Morgan fingerprint density at radius 1 is 1.11 bits per heavy atom. The van der Waals surface area contributed by atoms with Gasteiger partial charge in [-0.3, -0.25) is 14.5 Å². The number of hydrogen-bond donors (Lipinski definition) is 1. The third-order valence-corrected chi connectivity index (χ3v) is 3.89. The Kier molecular flexibility index (Phi) is 4.00. The second kappa shape index (κ2) is 5.53. The van der Waals surface area contributed by atoms with Gasteiger partial charge in [0, 0.05) is 11.8 Å². The van der Waals surface area contributed by atoms with E-state index in [1.165, 1.54) is 4.90 Å². The van der Waals surface area contributed by atoms with Crippen LogP contribution in [0.3, 0.4) is 0 Å². The smallest absolute Gasteiger partial charge is 0.233 e. The molecule has 0 spiro atoms. The number of carbonyl (C=O) groups is 2. The first-order valence-electron chi connectivity index (χ1n) is 6.58. The zero-order valence-electron chi connectivity index (χ0n) is 11.2. The molecule has 4 nitrogen and oxygen atoms in total. The molecule has 1 fully saturated rings. The van der Waals surface area contributed by atoms with Crippen molar-refractivity contribution >= 4 is 11.8 Å². The van der Waals surface area contributed by atoms with Crippen LogP contribution in [0.1, 0.15) is 19.4 Å². The molecule has 2 amide bonds. The molecule has 0 aromatic heterocycles. The standard InChI is InChI=1S/C15H19NO3/c1-10-11(2)15(19)16(14(10)18)13(9-17)8-12-6-4-3-5-7-12/h3-7,10-11,13,17H,8-9H2,1-2H3. The van der Waals surface area contributed by atoms with Crippen molar-refractivity contribution in [3.05, 3.63) is 35.9 Å². The Morgan fingerprint density at radius 3 is 2.11 bits per heavy atom. The molecule has 1 aliphatic rings. The highest BCUT2D eigenvalue weighted by Crippen LogP contribution is 2.28. The van der Waals surface area contributed by atoms with Gasteiger partial charge in [0.2, 0.25) is 11.8 Å². The van der Waals surface area contributed by atoms with E-state index < -0.39 is 6.04 Å². The molecule has 19 heavy (non-hydrogen) atoms. The summed E-state index contributed by atoms with van der Waals surface area (Å²) in [5, 5.41) is 9.51. The Balaban J connectivity index is 2.18. The van der Waals surface area contributed by atoms with Gasteiger partial charge in [-0.1, -0.05) is 44.2 Å². The summed E-state index contributed by atoms with van der Waals surface area (Å²) in [5.41, 5.74) is 1.01. The van der Waals surface area contributed by atoms with Gasteiger partial charge in [-0.15, -0.1) is 0 Å². The van der Waals surface area contributed by atoms with Crippen LogP contribution in [0.25, 0.3) is 0 Å². The molecule has 0 aliphatic carbocycles. The van der Waals surface area contributed by atoms with E-state index >= 15 is 0 Å². The molecule has 0 saturated carbocycles. The maximum atomic E-state index is 12.1. The van der Waals surface area contributed by atoms with Crippen molar-refractivity contribution in [1.29, 1.82) is 0 Å². The summed E-state index contributed by atoms with van der Waals surface area (Å²) >= 11 is 0. The average molecular weight is 261 g/mol. The minimum atomic E-state index is -0.463. The Morgan fingerprint density at radius 2 is 1.63 bits per heavy atom. The lowest BCUT2D eigenvalue weighted by molar-refractivity contribution is -0.143. The van der Waals surface area contributed by atoms with Crippen LogP contribution in [0.2, 0.25) is 0 Å². The largest absolute Gasteiger partial charge is 0.394 e. The van der Waals surface area contributed by atoms with E-state index in [1.807, 2.05) is 30.3 Å². The Labute approximate surface area is 113 Å². The van der Waals surface area contributed by atoms with E-state index in [9.17, 15) is 14.7 Å². The number of likely N-dealkylation sites (tertiary alicyclic amines) is 1. The number of carbonyl (C=O) groups excluding carboxylic acids is 2. The van der Waals surface area contributed by atoms with Gasteiger partial charge in [0.25, 0.3) is 0 Å². The average Bonchev–Trinajstić information content (AvgIpc) is 2.62. The molecule has 0 bridgehead atoms. The fourth-order valence-corrected chi connectivity index (χ4v) is 2.46. The number of imide groups is 1. The highest BCUT2D eigenvalue weighted by molar-refractivity contribution is 6.05. The number of rotatable bonds is 4. The van der Waals surface area contributed by atoms with Gasteiger partial charge in [-0.05, 0) is 12.0 Å². The number of aliphatic hydroxyl groups is 1. The third-order valence-electron chi connectivity index (χ3n) is 3.89. The first kappa shape index (κ1) is 13.7. The summed E-state index contributed by atoms with van der Waals surface area (Å²) in [6.45, 7) is 3.33. The Hall–Kier alpha value is -1.68. The second-order valence-electron chi connectivity index (χ2n) is 5.15. The zero-order chi connectivity index (χ0) is 14.0. The van der Waals surface area contributed by atoms with Crippen LogP contribution < -0.4 is 0 Å². The fourth-order valence-electron chi connectivity index (χ4n) is 2.46. The van der Waals surface area contributed by atoms with Crippen LogP contribution >= 0.6 is 0 Å². The first-order chi connectivity index (χ1) is 9.06. The van der Waals surface area contributed by atoms with Gasteiger partial charge < -0.3 is 5.11 Å². The van der Waals surface area contributed by atoms with Crippen LogP contribution in [-0.4, -0.2) is 34.5 Å². The molecule has 0 radical (unpaired) electrons. The predicted molar refractivity (Wildman–Crippen MR) is 71.2 cm³/mol. The SMILES string of the molecule is CC1C(=O)N(C(CO)Cc2ccccc2)C(=O)C1C. The molecule has 3 atom stereocenters. The number of amides is 2. The van der Waals surface area contributed by atoms with Gasteiger partial charge in [0.1, 0.15) is 0 Å². The molecule has 1 aliphatic heterocycles. The fraction of sp³-hybridized carbons (Fsp3) is 0.467. The van der Waals surface area contributed by atoms with Crippen LogP contribution in [0.15, 0.2) is 30.3 Å². The van der Waals surface area contributed by atoms with E-state index in [1.54, 1.807) is 13.8 Å². The number of aliphatic hydroxyl groups excluding tert-OH is 1. The van der Waals surface area contributed by atoms with Crippen LogP contribution in [-0.2, 0) is 16.0 Å². The van der Waals surface area contributed by atoms with Crippen molar-refractivity contribution in [3.63, 3.8) is 0 Å². The molecule has 1 N–H and O–H groups in total. The summed E-state index contributed by atoms with van der Waals surface area (Å²) < 4.78 is 0. The van der Waals surface area contributed by atoms with Gasteiger partial charge in [0.15, 0.2) is 0 Å². The van der Waals surface area contributed by atoms with E-state index in [-0.39, 0.29) is 30.3 Å². The lowest BCUT2D eigenvalue weighted by atomic mass is 10.00. The molecule has 3 unspecified atom stereocenters. The quantitative estimate of drug-likeness (QED) is 0.829. The van der Waals surface area contributed by atoms with Gasteiger partial charge in [-0.25, -0.2) is 0 Å². The summed E-state index contributed by atoms with van der Waals surface area (Å²) in [5.74, 6) is -0.936. The first-order valence-corrected chi connectivity index (χ1v) is 6.58. The molecule has 1 aromatic carbocycles. The van der Waals surface area contributed by atoms with Crippen molar-refractivity contribution < 1.29 is 14.7 Å². The molecular formula is C15H19NO3. The van der Waals surface area contributed by atoms with Crippen molar-refractivity contribution in [2.75, 3.05) is 6.61 Å². The number of nitrogens with zero attached hydrogens (tertiary/aromatic N) is 1. The number of benzene rings is 1. The highest BCUT2D eigenvalue weighted by atomic mass is 16.3. The normalized spacial score (nSPS) is 24.9. The van der Waals surface area contributed by atoms with Crippen LogP contribution in [0.5, 0.6) is 0 Å². The van der Waals surface area contributed by atoms with Crippen molar-refractivity contribution in [1.82, 2.24) is 4.90 Å². The monoisotopic (exact) mass is 261 g/mol. The molecule has 4 heteroatoms. The molecule has 2 rings (SSSR count). The van der Waals surface area contributed by atoms with Crippen LogP contribution in [0, 0.1) is 11.8 Å². The predicted octanol–water partition coefficient (Wildman–Crippen LogP) is 1.23. The molecule has 1 heterocycles. The van der Waals surface area contributed by atoms with Gasteiger partial charge >= 0.3 is 0 Å². The second-order valence-corrected chi connectivity index (χ2v) is 5.15. The highest BCUT2D eigenvalue weighted by Gasteiger charge is 2.45. The maximum Gasteiger partial charge on any atom is 0.233 e. The molecule has 102 valence electrons. The van der Waals surface area contributed by atoms with E-state index in [2.05, 4.69) is 0 Å². The summed E-state index contributed by atoms with van der Waals surface area (Å²) in [4.78, 5) is 25.5.